The van der Waals surface area contributed by atoms with Gasteiger partial charge < -0.3 is 9.72 Å². The first-order chi connectivity index (χ1) is 8.40. The Labute approximate surface area is 103 Å². The van der Waals surface area contributed by atoms with Gasteiger partial charge in [0.05, 0.1) is 7.11 Å². The first-order valence-corrected chi connectivity index (χ1v) is 6.51. The van der Waals surface area contributed by atoms with Gasteiger partial charge in [-0.2, -0.15) is 0 Å². The molecule has 0 radical (unpaired) electrons. The third-order valence-corrected chi connectivity index (χ3v) is 3.26. The van der Waals surface area contributed by atoms with E-state index in [9.17, 15) is 0 Å². The zero-order chi connectivity index (χ0) is 11.9. The summed E-state index contributed by atoms with van der Waals surface area (Å²) in [6.45, 7) is 0. The second-order valence-electron chi connectivity index (χ2n) is 4.55. The lowest BCUT2D eigenvalue weighted by Crippen LogP contribution is -1.85. The fourth-order valence-corrected chi connectivity index (χ4v) is 2.22. The molecule has 1 saturated carbocycles. The molecule has 1 aliphatic carbocycles. The Bertz CT molecular complexity index is 431. The molecule has 92 valence electrons. The number of fused-ring (bicyclic) bond motifs is 1. The molecule has 2 nitrogen and oxygen atoms in total. The van der Waals surface area contributed by atoms with Gasteiger partial charge in [-0.1, -0.05) is 38.5 Å². The zero-order valence-corrected chi connectivity index (χ0v) is 10.5. The van der Waals surface area contributed by atoms with E-state index in [0.717, 1.165) is 11.3 Å². The molecular formula is C15H21NO. The van der Waals surface area contributed by atoms with E-state index in [1.165, 1.54) is 43.9 Å². The number of rotatable bonds is 1. The summed E-state index contributed by atoms with van der Waals surface area (Å²) < 4.78 is 5.08. The van der Waals surface area contributed by atoms with Crippen molar-refractivity contribution in [3.05, 3.63) is 30.5 Å². The van der Waals surface area contributed by atoms with Gasteiger partial charge in [0, 0.05) is 17.1 Å². The van der Waals surface area contributed by atoms with Crippen LogP contribution < -0.4 is 4.74 Å². The number of H-pyrrole nitrogens is 1. The van der Waals surface area contributed by atoms with Crippen molar-refractivity contribution in [2.45, 2.75) is 38.5 Å². The van der Waals surface area contributed by atoms with Crippen LogP contribution in [0.2, 0.25) is 0 Å². The predicted octanol–water partition coefficient (Wildman–Crippen LogP) is 4.52. The van der Waals surface area contributed by atoms with E-state index in [2.05, 4.69) is 4.98 Å². The Morgan fingerprint density at radius 1 is 0.941 bits per heavy atom. The van der Waals surface area contributed by atoms with E-state index in [4.69, 9.17) is 4.74 Å². The Balaban J connectivity index is 0.000000153. The van der Waals surface area contributed by atoms with Crippen LogP contribution in [0.3, 0.4) is 0 Å². The average Bonchev–Trinajstić information content (AvgIpc) is 2.88. The largest absolute Gasteiger partial charge is 0.497 e. The van der Waals surface area contributed by atoms with Crippen LogP contribution in [0.1, 0.15) is 38.5 Å². The number of methoxy groups -OCH3 is 1. The summed E-state index contributed by atoms with van der Waals surface area (Å²) in [5, 5.41) is 1.18. The Hall–Kier alpha value is -1.44. The third kappa shape index (κ3) is 3.52. The van der Waals surface area contributed by atoms with Crippen molar-refractivity contribution in [2.75, 3.05) is 7.11 Å². The van der Waals surface area contributed by atoms with E-state index < -0.39 is 0 Å². The molecule has 1 N–H and O–H groups in total. The number of hydrogen-bond acceptors (Lipinski definition) is 1. The SMILES string of the molecule is C1CCCCC1.COc1ccc2[nH]ccc2c1. The van der Waals surface area contributed by atoms with Gasteiger partial charge in [-0.15, -0.1) is 0 Å². The maximum Gasteiger partial charge on any atom is 0.119 e. The normalized spacial score (nSPS) is 15.1. The molecule has 1 fully saturated rings. The molecule has 0 spiro atoms. The molecule has 1 aliphatic rings. The van der Waals surface area contributed by atoms with Crippen molar-refractivity contribution in [1.29, 1.82) is 0 Å². The molecule has 2 heteroatoms. The average molecular weight is 231 g/mol. The number of nitrogens with one attached hydrogen (secondary N) is 1. The first kappa shape index (κ1) is 12.0. The predicted molar refractivity (Wildman–Crippen MR) is 72.6 cm³/mol. The van der Waals surface area contributed by atoms with Crippen LogP contribution in [-0.4, -0.2) is 12.1 Å². The van der Waals surface area contributed by atoms with Gasteiger partial charge in [0.2, 0.25) is 0 Å². The summed E-state index contributed by atoms with van der Waals surface area (Å²) in [4.78, 5) is 3.12. The number of aromatic nitrogens is 1. The molecule has 2 aromatic rings. The standard InChI is InChI=1S/C9H9NO.C6H12/c1-11-8-2-3-9-7(6-8)4-5-10-9;1-2-4-6-5-3-1/h2-6,10H,1H3;1-6H2. The van der Waals surface area contributed by atoms with Crippen molar-refractivity contribution in [1.82, 2.24) is 4.98 Å². The molecule has 0 aliphatic heterocycles. The second kappa shape index (κ2) is 6.33. The van der Waals surface area contributed by atoms with Gasteiger partial charge in [0.15, 0.2) is 0 Å². The maximum absolute atomic E-state index is 5.08. The number of aromatic amines is 1. The van der Waals surface area contributed by atoms with Gasteiger partial charge in [-0.05, 0) is 24.3 Å². The van der Waals surface area contributed by atoms with Crippen LogP contribution in [0.4, 0.5) is 0 Å². The molecule has 0 amide bonds. The monoisotopic (exact) mass is 231 g/mol. The Morgan fingerprint density at radius 2 is 1.59 bits per heavy atom. The summed E-state index contributed by atoms with van der Waals surface area (Å²) in [6.07, 6.45) is 10.9. The van der Waals surface area contributed by atoms with Crippen molar-refractivity contribution < 1.29 is 4.74 Å². The lowest BCUT2D eigenvalue weighted by molar-refractivity contribution is 0.415. The molecule has 3 rings (SSSR count). The molecule has 1 heterocycles. The van der Waals surface area contributed by atoms with Gasteiger partial charge in [-0.3, -0.25) is 0 Å². The highest BCUT2D eigenvalue weighted by molar-refractivity contribution is 5.80. The zero-order valence-electron chi connectivity index (χ0n) is 10.5. The van der Waals surface area contributed by atoms with Crippen molar-refractivity contribution in [3.8, 4) is 5.75 Å². The quantitative estimate of drug-likeness (QED) is 0.767. The van der Waals surface area contributed by atoms with Crippen molar-refractivity contribution in [3.63, 3.8) is 0 Å². The molecule has 0 unspecified atom stereocenters. The first-order valence-electron chi connectivity index (χ1n) is 6.51. The summed E-state index contributed by atoms with van der Waals surface area (Å²) in [7, 11) is 1.67. The van der Waals surface area contributed by atoms with Gasteiger partial charge in [-0.25, -0.2) is 0 Å². The van der Waals surface area contributed by atoms with Crippen LogP contribution >= 0.6 is 0 Å². The lowest BCUT2D eigenvalue weighted by Gasteiger charge is -2.05. The number of ether oxygens (including phenoxy) is 1. The fraction of sp³-hybridized carbons (Fsp3) is 0.467. The van der Waals surface area contributed by atoms with Crippen molar-refractivity contribution in [2.24, 2.45) is 0 Å². The van der Waals surface area contributed by atoms with E-state index in [1.807, 2.05) is 30.5 Å². The molecule has 0 saturated heterocycles. The lowest BCUT2D eigenvalue weighted by atomic mass is 10.0. The Kier molecular flexibility index (Phi) is 4.48. The third-order valence-electron chi connectivity index (χ3n) is 3.26. The van der Waals surface area contributed by atoms with Crippen molar-refractivity contribution >= 4 is 10.9 Å². The maximum atomic E-state index is 5.08. The summed E-state index contributed by atoms with van der Waals surface area (Å²) in [5.74, 6) is 0.900. The second-order valence-corrected chi connectivity index (χ2v) is 4.55. The van der Waals surface area contributed by atoms with Crippen LogP contribution in [0.15, 0.2) is 30.5 Å². The smallest absolute Gasteiger partial charge is 0.119 e. The van der Waals surface area contributed by atoms with Crippen LogP contribution in [0.25, 0.3) is 10.9 Å². The minimum atomic E-state index is 0.900. The summed E-state index contributed by atoms with van der Waals surface area (Å²) >= 11 is 0. The summed E-state index contributed by atoms with van der Waals surface area (Å²) in [6, 6.07) is 7.98. The van der Waals surface area contributed by atoms with Crippen LogP contribution in [0.5, 0.6) is 5.75 Å². The highest BCUT2D eigenvalue weighted by Crippen LogP contribution is 2.18. The molecule has 1 aromatic carbocycles. The van der Waals surface area contributed by atoms with Crippen LogP contribution in [-0.2, 0) is 0 Å². The molecule has 0 bridgehead atoms. The van der Waals surface area contributed by atoms with Crippen LogP contribution in [0, 0.1) is 0 Å². The summed E-state index contributed by atoms with van der Waals surface area (Å²) in [5.41, 5.74) is 1.14. The minimum Gasteiger partial charge on any atom is -0.497 e. The van der Waals surface area contributed by atoms with E-state index >= 15 is 0 Å². The van der Waals surface area contributed by atoms with E-state index in [-0.39, 0.29) is 0 Å². The Morgan fingerprint density at radius 3 is 2.18 bits per heavy atom. The van der Waals surface area contributed by atoms with E-state index in [1.54, 1.807) is 7.11 Å². The minimum absolute atomic E-state index is 0.900. The van der Waals surface area contributed by atoms with E-state index in [0.29, 0.717) is 0 Å². The molecule has 17 heavy (non-hydrogen) atoms. The molecular weight excluding hydrogens is 210 g/mol. The topological polar surface area (TPSA) is 25.0 Å². The molecule has 1 aromatic heterocycles. The molecule has 0 atom stereocenters. The number of hydrogen-bond donors (Lipinski definition) is 1. The highest BCUT2D eigenvalue weighted by Gasteiger charge is 1.95. The van der Waals surface area contributed by atoms with Gasteiger partial charge in [0.1, 0.15) is 5.75 Å². The number of benzene rings is 1. The fourth-order valence-electron chi connectivity index (χ4n) is 2.22. The van der Waals surface area contributed by atoms with Gasteiger partial charge in [0.25, 0.3) is 0 Å². The van der Waals surface area contributed by atoms with Gasteiger partial charge >= 0.3 is 0 Å². The highest BCUT2D eigenvalue weighted by atomic mass is 16.5.